The van der Waals surface area contributed by atoms with Crippen molar-refractivity contribution < 1.29 is 74.0 Å². The molecule has 0 unspecified atom stereocenters. The number of anilines is 6. The third-order valence-electron chi connectivity index (χ3n) is 26.0. The number of rotatable bonds is 28. The highest BCUT2D eigenvalue weighted by molar-refractivity contribution is 14.1. The molecule has 18 rings (SSSR count). The predicted octanol–water partition coefficient (Wildman–Crippen LogP) is 13.3. The largest absolute Gasteiger partial charge is 0.397 e. The Bertz CT molecular complexity index is 6440. The molecule has 12 aromatic rings. The van der Waals surface area contributed by atoms with Gasteiger partial charge in [0, 0.05) is 50.7 Å². The Morgan fingerprint density at radius 1 is 0.340 bits per heavy atom. The zero-order valence-corrected chi connectivity index (χ0v) is 94.2. The SMILES string of the molecule is C.C.C.C.C.C.C=P(C)(C)CC[C@H]1O[C@@H](n2cnc3c(N)ccnc32)[C@H](Br)[C@@H]1O.C=P(C)(C)CC[C@H]1O[C@@H](n2cnc3c(N)ccnc32)[C@H](C)[C@@H]1O.C=P(C)(C)CC[C@H]1O[C@@H](n2cnc3c(N)ccnc32)[C@H](I)[C@@H]1O.C=P(C)(C)CC[C@H]1O[C@@H](n2cnc3c(N)ccnc32)[C@H](OC)[C@@H]1O.C=P(C)(C)CC[C@H]1O[C@@H](n2cnc3c(N)nc(CC)nc32)[C@H](O)[C@@H]1O.C=P(C)(C)CC[C@H]1O[C@@H](n2cnc3c(N)nc(CCC)nc32)[C@H](O)[C@@H]1O. The van der Waals surface area contributed by atoms with Crippen molar-refractivity contribution in [2.24, 2.45) is 5.92 Å². The topological polar surface area (TPSA) is 593 Å². The first kappa shape index (κ1) is 130. The van der Waals surface area contributed by atoms with E-state index in [1.165, 1.54) is 12.7 Å². The summed E-state index contributed by atoms with van der Waals surface area (Å²) in [5, 5.41) is 84.0. The highest BCUT2D eigenvalue weighted by Gasteiger charge is 2.51. The Kier molecular flexibility index (Phi) is 46.4. The third-order valence-corrected chi connectivity index (χ3v) is 37.2. The number of pyridine rings is 4. The van der Waals surface area contributed by atoms with Crippen LogP contribution in [-0.4, -0.2) is 400 Å². The van der Waals surface area contributed by atoms with Crippen LogP contribution in [0.2, 0.25) is 0 Å². The number of aliphatic hydroxyl groups excluding tert-OH is 8. The lowest BCUT2D eigenvalue weighted by Crippen LogP contribution is -2.33. The first-order valence-corrected chi connectivity index (χ1v) is 68.5. The molecule has 840 valence electrons. The standard InChI is InChI=1S/C17H28N5O3P.C16H26N5O3P.C16H25N4O3P.C16H25N4O2P.C15H22BrN4O2P.C15H22IN4O2P.6CH4/c1-5-6-11-20-15(18)12-16(21-11)22(9-19-12)17-14(24)13(23)10(25-17)7-8-26(2,3)4;1-5-10-19-14(17)11-15(20-10)21(8-18-11)16-13(23)12(22)9(24-16)6-7-25(2,3)4;1-22-14-13(21)11(6-8-24(2,3)4)23-16(14)20-9-19-12-10(17)5-7-18-15(12)20;1-10-14(21)12(6-8-23(2,3)4)22-16(10)20-9-19-13-11(17)5-7-18-15(13)20;2*1-23(2,3)7-5-10-13(21)11(16)15(22-10)20-8-19-12-9(17)4-6-18-14(12)20;;;;;;/h9-10,13-14,17,23-24H,2,5-8H2,1,3-4H3,(H2,18,20,21);8-9,12-13,16,22-23H,2,5-7H2,1,3-4H3,(H2,17,19,20);5,7,9,11,13-14,16,21H,2,6,8H2,1,3-4H3,(H2,17,18);5,7,9-10,12,14,16,21H,2,6,8H2,1,3-4H3,(H2,17,18);2*4,6,8,10-11,13,15,21H,1,5,7H2,2-3H3,(H2,17,18);6*1H4/t10-,13-,14-,17-;9-,12-,13-,16-;11-,13-,14-,16-;10-,12-,14+,16-;2*10-,11-,13-,15-;;;;;;/m111111....../s1. The summed E-state index contributed by atoms with van der Waals surface area (Å²) in [7, 11) is 1.58. The van der Waals surface area contributed by atoms with Gasteiger partial charge < -0.3 is 108 Å². The van der Waals surface area contributed by atoms with E-state index in [2.05, 4.69) is 226 Å². The van der Waals surface area contributed by atoms with E-state index in [1.54, 1.807) is 95.2 Å². The molecule has 0 saturated carbocycles. The fourth-order valence-electron chi connectivity index (χ4n) is 17.9. The maximum absolute atomic E-state index is 10.6. The molecule has 6 aliphatic rings. The van der Waals surface area contributed by atoms with Gasteiger partial charge in [-0.25, -0.2) is 69.8 Å². The second-order valence-corrected chi connectivity index (χ2v) is 70.6. The van der Waals surface area contributed by atoms with E-state index in [9.17, 15) is 40.9 Å². The second kappa shape index (κ2) is 53.7. The van der Waals surface area contributed by atoms with Gasteiger partial charge in [-0.15, -0.1) is 79.1 Å². The van der Waals surface area contributed by atoms with E-state index in [0.29, 0.717) is 139 Å². The van der Waals surface area contributed by atoms with E-state index in [4.69, 9.17) is 67.6 Å². The molecule has 6 aliphatic heterocycles. The number of aromatic nitrogens is 20. The number of nitrogens with zero attached hydrogens (tertiary/aromatic N) is 20. The summed E-state index contributed by atoms with van der Waals surface area (Å²) in [4.78, 5) is 60.5. The van der Waals surface area contributed by atoms with Crippen LogP contribution in [0.15, 0.2) is 87.0 Å². The maximum Gasteiger partial charge on any atom is 0.167 e. The zero-order chi connectivity index (χ0) is 105. The van der Waals surface area contributed by atoms with E-state index in [-0.39, 0.29) is 102 Å². The van der Waals surface area contributed by atoms with Crippen LogP contribution < -0.4 is 34.4 Å². The highest BCUT2D eigenvalue weighted by atomic mass is 127. The lowest BCUT2D eigenvalue weighted by molar-refractivity contribution is -0.0496. The zero-order valence-electron chi connectivity index (χ0n) is 85.1. The summed E-state index contributed by atoms with van der Waals surface area (Å²) >= 11 is 5.82. The molecule has 6 fully saturated rings. The molecular weight excluding hydrogens is 2210 g/mol. The molecule has 12 aromatic heterocycles. The molecule has 0 amide bonds. The number of nitrogen functional groups attached to an aromatic ring is 6. The number of aryl methyl sites for hydroxylation is 2. The number of aliphatic hydroxyl groups is 8. The van der Waals surface area contributed by atoms with Gasteiger partial charge in [0.2, 0.25) is 0 Å². The normalized spacial score (nSPS) is 26.7. The van der Waals surface area contributed by atoms with Gasteiger partial charge in [-0.05, 0) is 186 Å². The number of alkyl halides is 2. The average molecular weight is 2380 g/mol. The second-order valence-electron chi connectivity index (χ2n) is 42.2. The van der Waals surface area contributed by atoms with Gasteiger partial charge in [0.25, 0.3) is 0 Å². The Morgan fingerprint density at radius 3 is 0.947 bits per heavy atom. The Morgan fingerprint density at radius 2 is 0.607 bits per heavy atom. The number of fused-ring (bicyclic) bond motifs is 6. The first-order chi connectivity index (χ1) is 67.6. The van der Waals surface area contributed by atoms with Crippen LogP contribution in [0.4, 0.5) is 34.4 Å². The van der Waals surface area contributed by atoms with Crippen molar-refractivity contribution in [1.29, 1.82) is 0 Å². The number of ether oxygens (including phenoxy) is 7. The molecule has 20 N–H and O–H groups in total. The van der Waals surface area contributed by atoms with Gasteiger partial charge >= 0.3 is 0 Å². The van der Waals surface area contributed by atoms with Crippen LogP contribution in [0.1, 0.15) is 159 Å². The number of imidazole rings is 6. The van der Waals surface area contributed by atoms with Crippen molar-refractivity contribution in [3.8, 4) is 0 Å². The summed E-state index contributed by atoms with van der Waals surface area (Å²) in [6.07, 6.45) is 42.6. The molecule has 49 heteroatoms. The Balaban J connectivity index is 0.000000242. The van der Waals surface area contributed by atoms with Gasteiger partial charge in [-0.1, -0.05) is 104 Å². The van der Waals surface area contributed by atoms with Gasteiger partial charge in [-0.2, -0.15) is 0 Å². The van der Waals surface area contributed by atoms with Gasteiger partial charge in [0.15, 0.2) is 76.7 Å². The maximum atomic E-state index is 10.6. The van der Waals surface area contributed by atoms with Crippen molar-refractivity contribution in [2.45, 2.75) is 261 Å². The van der Waals surface area contributed by atoms with Gasteiger partial charge in [-0.3, -0.25) is 27.4 Å². The van der Waals surface area contributed by atoms with Crippen molar-refractivity contribution >= 4 is 219 Å². The minimum absolute atomic E-state index is 0. The van der Waals surface area contributed by atoms with Crippen molar-refractivity contribution in [3.63, 3.8) is 0 Å². The molecular formula is C101H172BrIN26O15P6. The monoisotopic (exact) mass is 2380 g/mol. The summed E-state index contributed by atoms with van der Waals surface area (Å²) < 4.78 is 52.6. The molecule has 0 radical (unpaired) electrons. The Labute approximate surface area is 907 Å². The molecule has 24 atom stereocenters. The smallest absolute Gasteiger partial charge is 0.167 e. The number of methoxy groups -OCH3 is 1. The van der Waals surface area contributed by atoms with Crippen LogP contribution in [0, 0.1) is 5.92 Å². The number of hydrogen-bond donors (Lipinski definition) is 14. The van der Waals surface area contributed by atoms with Crippen LogP contribution in [0.5, 0.6) is 0 Å². The summed E-state index contributed by atoms with van der Waals surface area (Å²) in [5.74, 6) is 1.80. The summed E-state index contributed by atoms with van der Waals surface area (Å²) in [6, 6.07) is 6.89. The predicted molar refractivity (Wildman–Crippen MR) is 645 cm³/mol. The molecule has 0 aliphatic carbocycles. The number of halogens is 2. The fourth-order valence-corrected chi connectivity index (χ4v) is 25.3. The van der Waals surface area contributed by atoms with Crippen molar-refractivity contribution in [2.75, 3.05) is 158 Å². The molecule has 18 heterocycles. The first-order valence-electron chi connectivity index (χ1n) is 48.1. The molecule has 0 spiro atoms. The quantitative estimate of drug-likeness (QED) is 0.0123. The lowest BCUT2D eigenvalue weighted by atomic mass is 10.0. The van der Waals surface area contributed by atoms with E-state index >= 15 is 0 Å². The van der Waals surface area contributed by atoms with Crippen LogP contribution >= 0.6 is 79.8 Å². The minimum Gasteiger partial charge on any atom is -0.397 e. The summed E-state index contributed by atoms with van der Waals surface area (Å²) in [6.45, 7) is 25.0. The van der Waals surface area contributed by atoms with Crippen LogP contribution in [0.3, 0.4) is 0 Å². The Hall–Kier alpha value is -7.21. The molecule has 150 heavy (non-hydrogen) atoms. The van der Waals surface area contributed by atoms with Crippen LogP contribution in [0.25, 0.3) is 67.0 Å². The van der Waals surface area contributed by atoms with Gasteiger partial charge in [0.05, 0.1) is 124 Å². The summed E-state index contributed by atoms with van der Waals surface area (Å²) in [5.41, 5.74) is 45.3. The fraction of sp³-hybridized carbons (Fsp3) is 0.604. The minimum atomic E-state index is -1.23. The van der Waals surface area contributed by atoms with Crippen molar-refractivity contribution in [1.82, 2.24) is 97.2 Å². The molecule has 0 aromatic carbocycles. The number of nitrogens with two attached hydrogens (primary N) is 6. The van der Waals surface area contributed by atoms with E-state index in [1.807, 2.05) is 34.5 Å². The van der Waals surface area contributed by atoms with Crippen molar-refractivity contribution in [3.05, 3.63) is 98.7 Å². The molecule has 0 bridgehead atoms. The lowest BCUT2D eigenvalue weighted by Gasteiger charge is -2.20. The number of hydrogen-bond acceptors (Lipinski definition) is 35. The van der Waals surface area contributed by atoms with Crippen LogP contribution in [-0.2, 0) is 46.0 Å². The molecule has 6 saturated heterocycles. The third kappa shape index (κ3) is 31.0. The highest BCUT2D eigenvalue weighted by Crippen LogP contribution is 2.49. The van der Waals surface area contributed by atoms with Gasteiger partial charge in [0.1, 0.15) is 87.6 Å². The van der Waals surface area contributed by atoms with E-state index < -0.39 is 127 Å². The molecule has 41 nitrogen and oxygen atoms in total. The van der Waals surface area contributed by atoms with E-state index in [0.717, 1.165) is 69.1 Å². The average Bonchev–Trinajstić information content (AvgIpc) is 1.63.